The van der Waals surface area contributed by atoms with Crippen molar-refractivity contribution in [3.05, 3.63) is 35.9 Å². The van der Waals surface area contributed by atoms with Crippen molar-refractivity contribution in [1.29, 1.82) is 0 Å². The number of carbonyl (C=O) groups excluding carboxylic acids is 13. The van der Waals surface area contributed by atoms with E-state index in [0.29, 0.717) is 55.9 Å². The molecule has 2 aliphatic rings. The molecule has 1 aromatic rings. The zero-order valence-electron chi connectivity index (χ0n) is 67.9. The first-order valence-electron chi connectivity index (χ1n) is 39.5. The fraction of sp³-hybridized carbons (Fsp3) is 0.701. The van der Waals surface area contributed by atoms with Crippen molar-refractivity contribution in [2.75, 3.05) is 109 Å². The van der Waals surface area contributed by atoms with Gasteiger partial charge in [-0.2, -0.15) is 0 Å². The maximum atomic E-state index is 15.0. The molecule has 18 N–H and O–H groups in total. The number of primary amides is 1. The summed E-state index contributed by atoms with van der Waals surface area (Å²) in [5.41, 5.74) is 16.8. The molecule has 2 heterocycles. The number of fused-ring (bicyclic) bond motifs is 5. The smallest absolute Gasteiger partial charge is 0.305 e. The van der Waals surface area contributed by atoms with Crippen LogP contribution in [0.15, 0.2) is 45.6 Å². The molecular formula is C77H125N15O21S3. The van der Waals surface area contributed by atoms with Crippen molar-refractivity contribution < 1.29 is 102 Å². The van der Waals surface area contributed by atoms with Crippen molar-refractivity contribution in [2.45, 2.75) is 218 Å². The summed E-state index contributed by atoms with van der Waals surface area (Å²) in [6, 6.07) is 1.55. The fourth-order valence-electron chi connectivity index (χ4n) is 12.0. The number of guanidine groups is 1. The minimum atomic E-state index is -1.67. The van der Waals surface area contributed by atoms with Gasteiger partial charge in [-0.15, -0.1) is 11.8 Å². The van der Waals surface area contributed by atoms with E-state index in [1.54, 1.807) is 44.2 Å². The number of aliphatic imine (C=N–C) groups is 1. The summed E-state index contributed by atoms with van der Waals surface area (Å²) < 4.78 is 21.8. The number of Topliss-reactive ketones (excluding diaryl/α,β-unsaturated/α-hetero) is 5. The highest BCUT2D eigenvalue weighted by Gasteiger charge is 2.36. The van der Waals surface area contributed by atoms with Crippen LogP contribution in [0.2, 0.25) is 0 Å². The Bertz CT molecular complexity index is 3370. The highest BCUT2D eigenvalue weighted by molar-refractivity contribution is 8.76. The lowest BCUT2D eigenvalue weighted by atomic mass is 9.89. The number of nitrogens with one attached hydrogen (secondary N) is 9. The van der Waals surface area contributed by atoms with E-state index in [9.17, 15) is 82.6 Å². The van der Waals surface area contributed by atoms with Gasteiger partial charge >= 0.3 is 5.97 Å². The van der Waals surface area contributed by atoms with Gasteiger partial charge in [0.25, 0.3) is 0 Å². The van der Waals surface area contributed by atoms with Crippen LogP contribution in [0.5, 0.6) is 0 Å². The van der Waals surface area contributed by atoms with E-state index < -0.39 is 150 Å². The van der Waals surface area contributed by atoms with Crippen molar-refractivity contribution in [1.82, 2.24) is 47.9 Å². The van der Waals surface area contributed by atoms with E-state index in [0.717, 1.165) is 46.2 Å². The monoisotopic (exact) mass is 1690 g/mol. The number of rotatable bonds is 49. The largest absolute Gasteiger partial charge is 0.481 e. The van der Waals surface area contributed by atoms with E-state index in [-0.39, 0.29) is 189 Å². The molecule has 652 valence electrons. The molecule has 1 aromatic carbocycles. The highest BCUT2D eigenvalue weighted by atomic mass is 33.1. The second-order valence-electron chi connectivity index (χ2n) is 29.7. The number of carbonyl (C=O) groups is 14. The molecule has 8 amide bonds. The number of hydrogen-bond acceptors (Lipinski definition) is 28. The quantitative estimate of drug-likeness (QED) is 0.0111. The summed E-state index contributed by atoms with van der Waals surface area (Å²) in [5.74, 6) is -12.8. The highest BCUT2D eigenvalue weighted by Crippen LogP contribution is 2.27. The number of carboxylic acid groups (broad SMARTS) is 1. The molecule has 3 rings (SSSR count). The van der Waals surface area contributed by atoms with Crippen LogP contribution in [-0.4, -0.2) is 265 Å². The van der Waals surface area contributed by atoms with E-state index in [1.807, 2.05) is 27.7 Å². The van der Waals surface area contributed by atoms with Crippen molar-refractivity contribution in [3.63, 3.8) is 0 Å². The Morgan fingerprint density at radius 2 is 1.11 bits per heavy atom. The second-order valence-corrected chi connectivity index (χ2v) is 33.3. The molecule has 2 saturated heterocycles. The number of amides is 8. The lowest BCUT2D eigenvalue weighted by Crippen LogP contribution is -2.53. The first kappa shape index (κ1) is 102. The van der Waals surface area contributed by atoms with Crippen LogP contribution in [-0.2, 0) is 92.5 Å². The van der Waals surface area contributed by atoms with Crippen molar-refractivity contribution in [2.24, 2.45) is 50.3 Å². The molecule has 39 heteroatoms. The van der Waals surface area contributed by atoms with Gasteiger partial charge < -0.3 is 99.5 Å². The topological polar surface area (TPSA) is 560 Å². The first-order chi connectivity index (χ1) is 55.2. The molecule has 116 heavy (non-hydrogen) atoms. The molecule has 0 aliphatic carbocycles. The molecule has 0 spiro atoms. The number of benzene rings is 1. The molecule has 0 saturated carbocycles. The van der Waals surface area contributed by atoms with Crippen LogP contribution in [0.4, 0.5) is 0 Å². The Hall–Kier alpha value is -8.18. The Balaban J connectivity index is 1.90. The predicted molar refractivity (Wildman–Crippen MR) is 441 cm³/mol. The maximum absolute atomic E-state index is 15.0. The van der Waals surface area contributed by atoms with Gasteiger partial charge in [-0.25, -0.2) is 0 Å². The maximum Gasteiger partial charge on any atom is 0.305 e. The average Bonchev–Trinajstić information content (AvgIpc) is 0.962. The number of ketones is 5. The molecule has 7 atom stereocenters. The van der Waals surface area contributed by atoms with Crippen LogP contribution in [0, 0.1) is 17.8 Å². The van der Waals surface area contributed by atoms with E-state index >= 15 is 0 Å². The number of aliphatic carboxylic acids is 1. The predicted octanol–water partition coefficient (Wildman–Crippen LogP) is 1.87. The van der Waals surface area contributed by atoms with Crippen LogP contribution < -0.4 is 65.1 Å². The van der Waals surface area contributed by atoms with Crippen molar-refractivity contribution in [3.8, 4) is 0 Å². The van der Waals surface area contributed by atoms with Crippen molar-refractivity contribution >= 4 is 133 Å². The van der Waals surface area contributed by atoms with Gasteiger partial charge in [-0.3, -0.25) is 72.1 Å². The Morgan fingerprint density at radius 3 is 1.71 bits per heavy atom. The van der Waals surface area contributed by atoms with Gasteiger partial charge in [0.15, 0.2) is 34.9 Å². The number of hydrogen-bond donors (Lipinski definition) is 15. The third kappa shape index (κ3) is 45.0. The van der Waals surface area contributed by atoms with Gasteiger partial charge in [0.05, 0.1) is 85.3 Å². The van der Waals surface area contributed by atoms with Crippen LogP contribution >= 0.6 is 33.3 Å². The average molecular weight is 1690 g/mol. The second kappa shape index (κ2) is 57.8. The van der Waals surface area contributed by atoms with Gasteiger partial charge in [0.1, 0.15) is 19.3 Å². The number of nitrogens with zero attached hydrogens (tertiary/aromatic N) is 3. The molecule has 0 radical (unpaired) electrons. The zero-order chi connectivity index (χ0) is 85.9. The summed E-state index contributed by atoms with van der Waals surface area (Å²) in [7, 11) is 2.06. The zero-order valence-corrected chi connectivity index (χ0v) is 70.3. The molecule has 36 nitrogen and oxygen atoms in total. The molecule has 0 aromatic heterocycles. The Labute approximate surface area is 691 Å². The molecule has 0 unspecified atom stereocenters. The normalized spacial score (nSPS) is 20.2. The number of unbranched alkanes of at least 4 members (excludes halogenated alkanes) is 1. The minimum Gasteiger partial charge on any atom is -0.481 e. The number of ether oxygens (including phenoxy) is 4. The third-order valence-corrected chi connectivity index (χ3v) is 22.9. The van der Waals surface area contributed by atoms with Crippen LogP contribution in [0.1, 0.15) is 176 Å². The number of carboxylic acids is 1. The molecular weight excluding hydrogens is 1570 g/mol. The summed E-state index contributed by atoms with van der Waals surface area (Å²) >= 11 is 0.958. The third-order valence-electron chi connectivity index (χ3n) is 19.5. The summed E-state index contributed by atoms with van der Waals surface area (Å²) in [4.78, 5) is 195. The van der Waals surface area contributed by atoms with Gasteiger partial charge in [-0.05, 0) is 143 Å². The van der Waals surface area contributed by atoms with E-state index in [2.05, 4.69) is 63.2 Å². The Morgan fingerprint density at radius 1 is 0.560 bits per heavy atom. The molecule has 2 fully saturated rings. The summed E-state index contributed by atoms with van der Waals surface area (Å²) in [6.45, 7) is 13.5. The van der Waals surface area contributed by atoms with Crippen LogP contribution in [0.25, 0.3) is 0 Å². The molecule has 2 aliphatic heterocycles. The lowest BCUT2D eigenvalue weighted by Gasteiger charge is -2.28. The van der Waals surface area contributed by atoms with Gasteiger partial charge in [0, 0.05) is 113 Å². The summed E-state index contributed by atoms with van der Waals surface area (Å²) in [5, 5.41) is 61.6. The minimum absolute atomic E-state index is 0.0111. The van der Waals surface area contributed by atoms with E-state index in [4.69, 9.17) is 36.1 Å². The van der Waals surface area contributed by atoms with Gasteiger partial charge in [-0.1, -0.05) is 62.2 Å². The van der Waals surface area contributed by atoms with E-state index in [1.165, 1.54) is 0 Å². The number of nitrogens with two attached hydrogens (primary N) is 3. The standard InChI is InChI=1S/C77H125N15O21S3/c1-50(91-108)76(3,4)84-32-27-52(28-33-85-77(5,6)51(2)92-109)26-31-82-68(100)23-12-22-67(99)81-29-11-10-20-57-74(107)90-60-47-115-116-48-61(89-73(106)55(40-53-16-8-7-9-17-53)42-64(96)58(43-71(103)104)87-69(101)25-24-63(60)95)65(97)41-54(18-13-30-83-75(79)80)72(105)88-59(46-114-49-70(102)86-57)62(94)21-15-35-111-37-39-112-38-36-110-34-14-19-56(93)44-113-45-66(78)98/h7-9,16-17,52,54-55,57-61,84-85,108-109H,10-15,18-49H2,1-6H3,(H2,78,98)(H,81,99)(H,82,100)(H,86,102)(H,87,101)(H,88,105)(H,89,106)(H,90,107)(H,103,104)(H4,79,80,83)/b91-50-,92-51-/t54-,55-,57+,58+,59+,60+,61+/m1/s1. The fourth-order valence-corrected chi connectivity index (χ4v) is 15.3. The van der Waals surface area contributed by atoms with Gasteiger partial charge in [0.2, 0.25) is 47.3 Å². The molecule has 2 bridgehead atoms. The first-order valence-corrected chi connectivity index (χ1v) is 43.1. The lowest BCUT2D eigenvalue weighted by molar-refractivity contribution is -0.141. The van der Waals surface area contributed by atoms with Crippen LogP contribution in [0.3, 0.4) is 0 Å². The number of thioether (sulfide) groups is 1. The SMILES string of the molecule is C/C(=N/O)C(C)(C)NCCC(CCNC(=O)CCCC(=O)NCCCC[C@@H]1NC(=O)CSC[C@@H](C(=O)CCCOCCOCCOCCCC(=O)COCC(N)=O)NC(=O)[C@H](CCCN=C(N)N)CC(=O)[C@@H]2CSSC[C@H](NC1=O)C(=O)CCC(=O)N[C@@H](CC(=O)O)C(=O)C[C@@H](Cc1ccccc1)C(=O)N2)CCNC(C)(C)/C(C)=N\O. The summed E-state index contributed by atoms with van der Waals surface area (Å²) in [6.07, 6.45) is 0.661. The Kier molecular flexibility index (Phi) is 50.9. The number of oxime groups is 2.